The summed E-state index contributed by atoms with van der Waals surface area (Å²) in [5.41, 5.74) is 3.59. The van der Waals surface area contributed by atoms with Gasteiger partial charge in [-0.25, -0.2) is 0 Å². The lowest BCUT2D eigenvalue weighted by atomic mass is 9.98. The van der Waals surface area contributed by atoms with Crippen molar-refractivity contribution in [3.8, 4) is 5.75 Å². The second-order valence-electron chi connectivity index (χ2n) is 7.91. The molecule has 2 aliphatic heterocycles. The number of carbonyl (C=O) groups is 2. The minimum Gasteiger partial charge on any atom is -0.482 e. The third-order valence-corrected chi connectivity index (χ3v) is 5.67. The van der Waals surface area contributed by atoms with Crippen LogP contribution in [0.15, 0.2) is 42.5 Å². The van der Waals surface area contributed by atoms with Crippen molar-refractivity contribution in [2.45, 2.75) is 33.2 Å². The van der Waals surface area contributed by atoms with Crippen LogP contribution in [0, 0.1) is 12.8 Å². The van der Waals surface area contributed by atoms with Crippen molar-refractivity contribution >= 4 is 17.5 Å². The number of nitrogens with zero attached hydrogens (tertiary/aromatic N) is 2. The van der Waals surface area contributed by atoms with Gasteiger partial charge < -0.3 is 14.5 Å². The Morgan fingerprint density at radius 1 is 1.11 bits per heavy atom. The lowest BCUT2D eigenvalue weighted by molar-refractivity contribution is -0.121. The number of likely N-dealkylation sites (tertiary alicyclic amines) is 1. The summed E-state index contributed by atoms with van der Waals surface area (Å²) in [7, 11) is 0. The van der Waals surface area contributed by atoms with Gasteiger partial charge in [-0.1, -0.05) is 25.1 Å². The van der Waals surface area contributed by atoms with Crippen LogP contribution >= 0.6 is 0 Å². The topological polar surface area (TPSA) is 49.9 Å². The van der Waals surface area contributed by atoms with Crippen molar-refractivity contribution in [2.24, 2.45) is 5.92 Å². The molecule has 28 heavy (non-hydrogen) atoms. The highest BCUT2D eigenvalue weighted by Gasteiger charge is 2.26. The van der Waals surface area contributed by atoms with E-state index in [0.717, 1.165) is 48.5 Å². The van der Waals surface area contributed by atoms with Crippen molar-refractivity contribution in [3.05, 3.63) is 59.2 Å². The minimum atomic E-state index is -0.0549. The van der Waals surface area contributed by atoms with E-state index in [-0.39, 0.29) is 18.4 Å². The van der Waals surface area contributed by atoms with Gasteiger partial charge in [0.05, 0.1) is 12.2 Å². The average Bonchev–Trinajstić information content (AvgIpc) is 2.71. The number of anilines is 1. The smallest absolute Gasteiger partial charge is 0.265 e. The Hall–Kier alpha value is -2.82. The molecule has 4 rings (SSSR count). The van der Waals surface area contributed by atoms with Crippen LogP contribution in [-0.2, 0) is 11.3 Å². The molecule has 146 valence electrons. The van der Waals surface area contributed by atoms with Crippen LogP contribution in [0.1, 0.15) is 41.3 Å². The summed E-state index contributed by atoms with van der Waals surface area (Å²) in [5.74, 6) is 1.47. The summed E-state index contributed by atoms with van der Waals surface area (Å²) in [5, 5.41) is 0. The van der Waals surface area contributed by atoms with Gasteiger partial charge in [-0.2, -0.15) is 0 Å². The molecule has 1 fully saturated rings. The molecular weight excluding hydrogens is 352 g/mol. The van der Waals surface area contributed by atoms with Crippen LogP contribution in [0.4, 0.5) is 5.69 Å². The molecule has 5 heteroatoms. The van der Waals surface area contributed by atoms with Crippen molar-refractivity contribution in [1.82, 2.24) is 4.90 Å². The first-order chi connectivity index (χ1) is 13.5. The number of benzene rings is 2. The molecule has 2 aliphatic rings. The molecule has 1 saturated heterocycles. The first-order valence-electron chi connectivity index (χ1n) is 9.93. The Labute approximate surface area is 165 Å². The highest BCUT2D eigenvalue weighted by atomic mass is 16.5. The number of fused-ring (bicyclic) bond motifs is 1. The molecular formula is C23H26N2O3. The molecule has 0 aliphatic carbocycles. The van der Waals surface area contributed by atoms with E-state index in [9.17, 15) is 9.59 Å². The maximum atomic E-state index is 12.7. The van der Waals surface area contributed by atoms with Crippen molar-refractivity contribution in [2.75, 3.05) is 24.6 Å². The van der Waals surface area contributed by atoms with E-state index in [1.54, 1.807) is 4.90 Å². The van der Waals surface area contributed by atoms with E-state index < -0.39 is 0 Å². The molecule has 0 bridgehead atoms. The lowest BCUT2D eigenvalue weighted by Crippen LogP contribution is -2.38. The number of piperidine rings is 1. The van der Waals surface area contributed by atoms with Gasteiger partial charge in [0.2, 0.25) is 0 Å². The van der Waals surface area contributed by atoms with Crippen molar-refractivity contribution in [1.29, 1.82) is 0 Å². The summed E-state index contributed by atoms with van der Waals surface area (Å²) < 4.78 is 5.54. The van der Waals surface area contributed by atoms with E-state index >= 15 is 0 Å². The van der Waals surface area contributed by atoms with Gasteiger partial charge >= 0.3 is 0 Å². The van der Waals surface area contributed by atoms with Crippen LogP contribution in [0.3, 0.4) is 0 Å². The van der Waals surface area contributed by atoms with Gasteiger partial charge in [0.15, 0.2) is 6.61 Å². The van der Waals surface area contributed by atoms with Gasteiger partial charge in [0.25, 0.3) is 11.8 Å². The molecule has 0 atom stereocenters. The Kier molecular flexibility index (Phi) is 5.07. The van der Waals surface area contributed by atoms with Crippen LogP contribution in [0.25, 0.3) is 0 Å². The molecule has 0 radical (unpaired) electrons. The SMILES string of the molecule is Cc1ccc2c(c1)N(Cc1ccc(C(=O)N3CCC(C)CC3)cc1)C(=O)CO2. The Bertz CT molecular complexity index is 883. The van der Waals surface area contributed by atoms with E-state index in [4.69, 9.17) is 4.74 Å². The minimum absolute atomic E-state index is 0.0549. The molecule has 0 unspecified atom stereocenters. The van der Waals surface area contributed by atoms with E-state index in [1.807, 2.05) is 54.3 Å². The molecule has 2 aromatic rings. The number of aryl methyl sites for hydroxylation is 1. The standard InChI is InChI=1S/C23H26N2O3/c1-16-9-11-24(12-10-16)23(27)19-6-4-18(5-7-19)14-25-20-13-17(2)3-8-21(20)28-15-22(25)26/h3-8,13,16H,9-12,14-15H2,1-2H3. The van der Waals surface area contributed by atoms with Crippen molar-refractivity contribution in [3.63, 3.8) is 0 Å². The summed E-state index contributed by atoms with van der Waals surface area (Å²) in [6.45, 7) is 6.43. The highest BCUT2D eigenvalue weighted by Crippen LogP contribution is 2.33. The predicted molar refractivity (Wildman–Crippen MR) is 109 cm³/mol. The lowest BCUT2D eigenvalue weighted by Gasteiger charge is -2.31. The van der Waals surface area contributed by atoms with Crippen LogP contribution in [-0.4, -0.2) is 36.4 Å². The molecule has 0 saturated carbocycles. The summed E-state index contributed by atoms with van der Waals surface area (Å²) in [6.07, 6.45) is 2.14. The Morgan fingerprint density at radius 3 is 2.54 bits per heavy atom. The Balaban J connectivity index is 1.49. The first kappa shape index (κ1) is 18.5. The predicted octanol–water partition coefficient (Wildman–Crippen LogP) is 3.79. The normalized spacial score (nSPS) is 17.3. The third-order valence-electron chi connectivity index (χ3n) is 5.67. The van der Waals surface area contributed by atoms with Crippen LogP contribution < -0.4 is 9.64 Å². The quantitative estimate of drug-likeness (QED) is 0.816. The molecule has 0 N–H and O–H groups in total. The zero-order valence-electron chi connectivity index (χ0n) is 16.5. The second kappa shape index (κ2) is 7.66. The number of carbonyl (C=O) groups excluding carboxylic acids is 2. The number of ether oxygens (including phenoxy) is 1. The fourth-order valence-electron chi connectivity index (χ4n) is 3.82. The number of hydrogen-bond donors (Lipinski definition) is 0. The molecule has 0 spiro atoms. The summed E-state index contributed by atoms with van der Waals surface area (Å²) >= 11 is 0. The maximum absolute atomic E-state index is 12.7. The zero-order valence-corrected chi connectivity index (χ0v) is 16.5. The fourth-order valence-corrected chi connectivity index (χ4v) is 3.82. The van der Waals surface area contributed by atoms with Gasteiger partial charge in [0.1, 0.15) is 5.75 Å². The average molecular weight is 378 g/mol. The molecule has 2 aromatic carbocycles. The monoisotopic (exact) mass is 378 g/mol. The van der Waals surface area contributed by atoms with Gasteiger partial charge in [-0.15, -0.1) is 0 Å². The Morgan fingerprint density at radius 2 is 1.82 bits per heavy atom. The zero-order chi connectivity index (χ0) is 19.7. The van der Waals surface area contributed by atoms with E-state index in [2.05, 4.69) is 6.92 Å². The van der Waals surface area contributed by atoms with Gasteiger partial charge in [0, 0.05) is 18.7 Å². The van der Waals surface area contributed by atoms with E-state index in [1.165, 1.54) is 0 Å². The number of hydrogen-bond acceptors (Lipinski definition) is 3. The van der Waals surface area contributed by atoms with Crippen molar-refractivity contribution < 1.29 is 14.3 Å². The maximum Gasteiger partial charge on any atom is 0.265 e. The van der Waals surface area contributed by atoms with Gasteiger partial charge in [-0.3, -0.25) is 9.59 Å². The van der Waals surface area contributed by atoms with E-state index in [0.29, 0.717) is 18.0 Å². The molecule has 2 amide bonds. The summed E-state index contributed by atoms with van der Waals surface area (Å²) in [4.78, 5) is 28.8. The van der Waals surface area contributed by atoms with Gasteiger partial charge in [-0.05, 0) is 61.1 Å². The molecule has 0 aromatic heterocycles. The summed E-state index contributed by atoms with van der Waals surface area (Å²) in [6, 6.07) is 13.5. The fraction of sp³-hybridized carbons (Fsp3) is 0.391. The highest BCUT2D eigenvalue weighted by molar-refractivity contribution is 5.98. The number of rotatable bonds is 3. The first-order valence-corrected chi connectivity index (χ1v) is 9.93. The van der Waals surface area contributed by atoms with Crippen LogP contribution in [0.5, 0.6) is 5.75 Å². The molecule has 2 heterocycles. The number of amides is 2. The third kappa shape index (κ3) is 3.75. The molecule has 5 nitrogen and oxygen atoms in total. The largest absolute Gasteiger partial charge is 0.482 e. The van der Waals surface area contributed by atoms with Crippen LogP contribution in [0.2, 0.25) is 0 Å². The second-order valence-corrected chi connectivity index (χ2v) is 7.91.